The number of hydrogen-bond acceptors (Lipinski definition) is 7. The normalized spacial score (nSPS) is 11.7. The zero-order valence-corrected chi connectivity index (χ0v) is 80.5. The second-order valence-electron chi connectivity index (χ2n) is 41.8. The molecule has 7 heteroatoms. The SMILES string of the molecule is C.C.C.CC(C)(C)C(=O)C(C)(C)C.CC(C)(C)CC(C)(C)C.CC(C)(C)CC(C)(C)C.CC(C)(C)CC(C)(C)C.CC(C)C(=O)C(C)C.CC(C)CC(C)C.CC(C)CC(C)C.CC(C)CC(C)C.CC(CC(C)c1ccccc1)c1ccccc1.CCC(=O)CC.CCC(=O)OCOC(=O)CC.CCCCC. The van der Waals surface area contributed by atoms with Crippen LogP contribution in [0.1, 0.15) is 467 Å². The molecule has 2 atom stereocenters. The van der Waals surface area contributed by atoms with Crippen molar-refractivity contribution in [3.8, 4) is 0 Å². The van der Waals surface area contributed by atoms with Crippen molar-refractivity contribution in [2.45, 2.75) is 456 Å². The third-order valence-corrected chi connectivity index (χ3v) is 14.5. The minimum atomic E-state index is -0.367. The molecule has 0 saturated heterocycles. The first kappa shape index (κ1) is 134. The topological polar surface area (TPSA) is 104 Å². The number of hydrogen-bond donors (Lipinski definition) is 0. The fourth-order valence-electron chi connectivity index (χ4n) is 12.7. The van der Waals surface area contributed by atoms with Gasteiger partial charge >= 0.3 is 11.9 Å². The van der Waals surface area contributed by atoms with Crippen LogP contribution in [0.15, 0.2) is 60.7 Å². The second kappa shape index (κ2) is 72.4. The minimum absolute atomic E-state index is 0. The van der Waals surface area contributed by atoms with Gasteiger partial charge in [-0.3, -0.25) is 24.0 Å². The first-order valence-electron chi connectivity index (χ1n) is 41.9. The van der Waals surface area contributed by atoms with E-state index in [0.29, 0.717) is 87.4 Å². The van der Waals surface area contributed by atoms with Gasteiger partial charge in [-0.25, -0.2) is 0 Å². The fourth-order valence-corrected chi connectivity index (χ4v) is 12.7. The summed E-state index contributed by atoms with van der Waals surface area (Å²) in [6, 6.07) is 21.6. The standard InChI is InChI=1S/C17H20.C9H18O.3C9H20.C7H12O4.C7H14O.3C7H16.C5H10O.C5H12.3CH4/c1-14(16-9-5-3-6-10-16)13-15(2)17-11-7-4-8-12-17;1-8(2,3)7(10)9(4,5)6;3*1-8(2,3)7-9(4,5)6;1-3-6(8)10-5-11-7(9)4-2;1-5(2)7(8)6(3)4;3*1-6(2)5-7(3)4;1-3-5(6)4-2;1-3-5-4-2;;;/h3-12,14-15H,13H2,1-2H3;1-6H3;3*7H2,1-6H3;3-5H2,1-2H3;5-6H,1-4H3;3*6-7H,5H2,1-4H3;3-4H2,1-2H3;3-5H2,1-2H3;3*1H4. The molecule has 2 unspecified atom stereocenters. The molecule has 0 spiro atoms. The predicted molar refractivity (Wildman–Crippen MR) is 495 cm³/mol. The summed E-state index contributed by atoms with van der Waals surface area (Å²) < 4.78 is 8.96. The van der Waals surface area contributed by atoms with Gasteiger partial charge in [0, 0.05) is 48.3 Å². The van der Waals surface area contributed by atoms with Gasteiger partial charge in [0.2, 0.25) is 6.79 Å². The number of carbonyl (C=O) groups excluding carboxylic acids is 5. The molecule has 0 aliphatic rings. The monoisotopic (exact) mass is 1530 g/mol. The predicted octanol–water partition coefficient (Wildman–Crippen LogP) is 34.3. The Kier molecular flexibility index (Phi) is 89.5. The lowest BCUT2D eigenvalue weighted by Crippen LogP contribution is -2.32. The van der Waals surface area contributed by atoms with Crippen LogP contribution in [0.5, 0.6) is 0 Å². The number of carbonyl (C=O) groups is 5. The summed E-state index contributed by atoms with van der Waals surface area (Å²) in [5.74, 6) is 7.17. The van der Waals surface area contributed by atoms with Crippen LogP contribution in [-0.4, -0.2) is 36.1 Å². The molecule has 2 aromatic rings. The quantitative estimate of drug-likeness (QED) is 0.0961. The van der Waals surface area contributed by atoms with Gasteiger partial charge in [0.15, 0.2) is 0 Å². The van der Waals surface area contributed by atoms with Crippen molar-refractivity contribution in [2.75, 3.05) is 6.79 Å². The molecule has 0 aliphatic heterocycles. The molecule has 2 rings (SSSR count). The van der Waals surface area contributed by atoms with Gasteiger partial charge < -0.3 is 9.47 Å². The number of ketones is 3. The molecule has 7 nitrogen and oxygen atoms in total. The molecule has 0 fully saturated rings. The smallest absolute Gasteiger partial charge is 0.308 e. The molecule has 0 heterocycles. The van der Waals surface area contributed by atoms with E-state index in [9.17, 15) is 24.0 Å². The third kappa shape index (κ3) is 129. The van der Waals surface area contributed by atoms with Crippen molar-refractivity contribution in [3.05, 3.63) is 71.8 Å². The molecule has 0 amide bonds. The lowest BCUT2D eigenvalue weighted by Gasteiger charge is -2.28. The number of unbranched alkanes of at least 4 members (excludes halogenated alkanes) is 2. The van der Waals surface area contributed by atoms with E-state index < -0.39 is 0 Å². The minimum Gasteiger partial charge on any atom is -0.428 e. The van der Waals surface area contributed by atoms with Gasteiger partial charge in [-0.15, -0.1) is 0 Å². The molecule has 0 aromatic heterocycles. The summed E-state index contributed by atoms with van der Waals surface area (Å²) in [6.07, 6.45) is 15.2. The lowest BCUT2D eigenvalue weighted by molar-refractivity contribution is -0.166. The van der Waals surface area contributed by atoms with Crippen LogP contribution in [0, 0.1) is 90.7 Å². The maximum Gasteiger partial charge on any atom is 0.308 e. The van der Waals surface area contributed by atoms with Gasteiger partial charge in [-0.2, -0.15) is 0 Å². The highest BCUT2D eigenvalue weighted by molar-refractivity contribution is 5.88. The zero-order valence-electron chi connectivity index (χ0n) is 80.5. The van der Waals surface area contributed by atoms with Gasteiger partial charge in [-0.05, 0) is 136 Å². The Morgan fingerprint density at radius 3 is 0.593 bits per heavy atom. The Morgan fingerprint density at radius 1 is 0.306 bits per heavy atom. The van der Waals surface area contributed by atoms with Gasteiger partial charge in [0.1, 0.15) is 17.3 Å². The van der Waals surface area contributed by atoms with E-state index in [1.165, 1.54) is 75.3 Å². The van der Waals surface area contributed by atoms with Crippen LogP contribution in [-0.2, 0) is 33.4 Å². The Bertz CT molecular complexity index is 2010. The van der Waals surface area contributed by atoms with Crippen LogP contribution in [0.4, 0.5) is 0 Å². The Hall–Kier alpha value is -3.61. The molecule has 652 valence electrons. The van der Waals surface area contributed by atoms with E-state index >= 15 is 0 Å². The zero-order chi connectivity index (χ0) is 85.9. The van der Waals surface area contributed by atoms with Crippen molar-refractivity contribution in [1.82, 2.24) is 0 Å². The third-order valence-electron chi connectivity index (χ3n) is 14.5. The van der Waals surface area contributed by atoms with E-state index in [-0.39, 0.29) is 63.7 Å². The van der Waals surface area contributed by atoms with Crippen molar-refractivity contribution in [3.63, 3.8) is 0 Å². The van der Waals surface area contributed by atoms with E-state index in [0.717, 1.165) is 35.5 Å². The number of benzene rings is 2. The summed E-state index contributed by atoms with van der Waals surface area (Å²) >= 11 is 0. The first-order valence-corrected chi connectivity index (χ1v) is 41.9. The van der Waals surface area contributed by atoms with Crippen molar-refractivity contribution in [1.29, 1.82) is 0 Å². The van der Waals surface area contributed by atoms with E-state index in [2.05, 4.69) is 306 Å². The molecule has 0 radical (unpaired) electrons. The molecular formula is C101H206O7. The average Bonchev–Trinajstić information content (AvgIpc) is 0.857. The highest BCUT2D eigenvalue weighted by atomic mass is 16.7. The highest BCUT2D eigenvalue weighted by Crippen LogP contribution is 2.35. The van der Waals surface area contributed by atoms with Crippen LogP contribution < -0.4 is 0 Å². The highest BCUT2D eigenvalue weighted by Gasteiger charge is 2.32. The molecule has 2 aromatic carbocycles. The van der Waals surface area contributed by atoms with Gasteiger partial charge in [-0.1, -0.05) is 435 Å². The van der Waals surface area contributed by atoms with Gasteiger partial charge in [0.05, 0.1) is 0 Å². The average molecular weight is 1530 g/mol. The Balaban J connectivity index is -0.0000000839. The largest absolute Gasteiger partial charge is 0.428 e. The Morgan fingerprint density at radius 2 is 0.509 bits per heavy atom. The lowest BCUT2D eigenvalue weighted by atomic mass is 9.76. The molecular weight excluding hydrogens is 1330 g/mol. The second-order valence-corrected chi connectivity index (χ2v) is 41.8. The van der Waals surface area contributed by atoms with Gasteiger partial charge in [0.25, 0.3) is 0 Å². The summed E-state index contributed by atoms with van der Waals surface area (Å²) in [5.41, 5.74) is 5.39. The summed E-state index contributed by atoms with van der Waals surface area (Å²) in [5, 5.41) is 0. The Labute approximate surface area is 684 Å². The van der Waals surface area contributed by atoms with Crippen LogP contribution in [0.2, 0.25) is 0 Å². The van der Waals surface area contributed by atoms with Crippen molar-refractivity contribution in [2.24, 2.45) is 90.7 Å². The van der Waals surface area contributed by atoms with Crippen molar-refractivity contribution >= 4 is 29.3 Å². The number of ether oxygens (including phenoxy) is 2. The maximum atomic E-state index is 11.5. The number of esters is 2. The summed E-state index contributed by atoms with van der Waals surface area (Å²) in [4.78, 5) is 53.4. The van der Waals surface area contributed by atoms with Crippen molar-refractivity contribution < 1.29 is 33.4 Å². The van der Waals surface area contributed by atoms with E-state index in [1.807, 2.05) is 83.1 Å². The molecule has 0 N–H and O–H groups in total. The number of Topliss-reactive ketones (excluding diaryl/α,β-unsaturated/α-hetero) is 3. The molecule has 0 saturated carbocycles. The van der Waals surface area contributed by atoms with Crippen LogP contribution in [0.25, 0.3) is 0 Å². The molecule has 0 bridgehead atoms. The fraction of sp³-hybridized carbons (Fsp3) is 0.832. The molecule has 0 aliphatic carbocycles. The first-order chi connectivity index (χ1) is 46.9. The molecule has 108 heavy (non-hydrogen) atoms. The number of rotatable bonds is 20. The van der Waals surface area contributed by atoms with E-state index in [1.54, 1.807) is 13.8 Å². The summed E-state index contributed by atoms with van der Waals surface area (Å²) in [7, 11) is 0. The maximum absolute atomic E-state index is 11.5. The summed E-state index contributed by atoms with van der Waals surface area (Å²) in [6.45, 7) is 104. The van der Waals surface area contributed by atoms with Crippen LogP contribution in [0.3, 0.4) is 0 Å². The van der Waals surface area contributed by atoms with Crippen LogP contribution >= 0.6 is 0 Å². The van der Waals surface area contributed by atoms with E-state index in [4.69, 9.17) is 0 Å².